The summed E-state index contributed by atoms with van der Waals surface area (Å²) in [6.07, 6.45) is -0.501. The molecule has 2 unspecified atom stereocenters. The Labute approximate surface area is 128 Å². The third-order valence-corrected chi connectivity index (χ3v) is 3.20. The fourth-order valence-corrected chi connectivity index (χ4v) is 2.09. The number of rotatable bonds is 9. The third-order valence-electron chi connectivity index (χ3n) is 3.20. The Balaban J connectivity index is 2.65. The molecular formula is C17H29NO3. The SMILES string of the molecule is CCNC(C)c1cc(C)ccc1OCC(O)COC(C)C. The summed E-state index contributed by atoms with van der Waals surface area (Å²) in [4.78, 5) is 0. The predicted octanol–water partition coefficient (Wildman–Crippen LogP) is 2.83. The summed E-state index contributed by atoms with van der Waals surface area (Å²) < 4.78 is 11.2. The van der Waals surface area contributed by atoms with Gasteiger partial charge < -0.3 is 19.9 Å². The average molecular weight is 295 g/mol. The highest BCUT2D eigenvalue weighted by Crippen LogP contribution is 2.26. The van der Waals surface area contributed by atoms with E-state index in [9.17, 15) is 5.11 Å². The lowest BCUT2D eigenvalue weighted by molar-refractivity contribution is -0.0124. The van der Waals surface area contributed by atoms with E-state index in [1.54, 1.807) is 0 Å². The molecule has 2 atom stereocenters. The number of aliphatic hydroxyl groups excluding tert-OH is 1. The molecule has 2 N–H and O–H groups in total. The molecule has 0 aliphatic carbocycles. The summed E-state index contributed by atoms with van der Waals surface area (Å²) in [5.74, 6) is 0.817. The topological polar surface area (TPSA) is 50.7 Å². The molecule has 1 aromatic carbocycles. The van der Waals surface area contributed by atoms with Crippen molar-refractivity contribution in [3.63, 3.8) is 0 Å². The van der Waals surface area contributed by atoms with Crippen LogP contribution in [-0.2, 0) is 4.74 Å². The van der Waals surface area contributed by atoms with Gasteiger partial charge in [0.2, 0.25) is 0 Å². The first kappa shape index (κ1) is 18.0. The standard InChI is InChI=1S/C17H29NO3/c1-6-18-14(5)16-9-13(4)7-8-17(16)21-11-15(19)10-20-12(2)3/h7-9,12,14-15,18-19H,6,10-11H2,1-5H3. The molecule has 0 aliphatic rings. The summed E-state index contributed by atoms with van der Waals surface area (Å²) in [6.45, 7) is 11.6. The van der Waals surface area contributed by atoms with Gasteiger partial charge in [0, 0.05) is 11.6 Å². The maximum absolute atomic E-state index is 9.88. The van der Waals surface area contributed by atoms with E-state index < -0.39 is 6.10 Å². The van der Waals surface area contributed by atoms with Crippen LogP contribution in [-0.4, -0.2) is 37.1 Å². The maximum atomic E-state index is 9.88. The molecule has 1 rings (SSSR count). The Bertz CT molecular complexity index is 420. The number of nitrogens with one attached hydrogen (secondary N) is 1. The Morgan fingerprint density at radius 1 is 1.19 bits per heavy atom. The largest absolute Gasteiger partial charge is 0.490 e. The highest BCUT2D eigenvalue weighted by Gasteiger charge is 2.13. The van der Waals surface area contributed by atoms with Crippen LogP contribution >= 0.6 is 0 Å². The van der Waals surface area contributed by atoms with Gasteiger partial charge in [-0.1, -0.05) is 24.6 Å². The van der Waals surface area contributed by atoms with Crippen LogP contribution in [0.5, 0.6) is 5.75 Å². The maximum Gasteiger partial charge on any atom is 0.124 e. The van der Waals surface area contributed by atoms with Crippen molar-refractivity contribution < 1.29 is 14.6 Å². The minimum Gasteiger partial charge on any atom is -0.490 e. The molecule has 0 saturated carbocycles. The Morgan fingerprint density at radius 2 is 1.90 bits per heavy atom. The first-order valence-corrected chi connectivity index (χ1v) is 7.70. The van der Waals surface area contributed by atoms with Crippen molar-refractivity contribution in [2.24, 2.45) is 0 Å². The van der Waals surface area contributed by atoms with Crippen LogP contribution in [0.1, 0.15) is 44.9 Å². The smallest absolute Gasteiger partial charge is 0.124 e. The predicted molar refractivity (Wildman–Crippen MR) is 85.9 cm³/mol. The lowest BCUT2D eigenvalue weighted by atomic mass is 10.0. The van der Waals surface area contributed by atoms with E-state index in [1.165, 1.54) is 5.56 Å². The lowest BCUT2D eigenvalue weighted by Crippen LogP contribution is -2.26. The molecule has 4 heteroatoms. The van der Waals surface area contributed by atoms with Gasteiger partial charge in [0.15, 0.2) is 0 Å². The number of ether oxygens (including phenoxy) is 2. The summed E-state index contributed by atoms with van der Waals surface area (Å²) in [6, 6.07) is 6.33. The van der Waals surface area contributed by atoms with Gasteiger partial charge in [-0.2, -0.15) is 0 Å². The number of hydrogen-bond acceptors (Lipinski definition) is 4. The van der Waals surface area contributed by atoms with Crippen LogP contribution in [0.3, 0.4) is 0 Å². The van der Waals surface area contributed by atoms with Crippen molar-refractivity contribution in [2.75, 3.05) is 19.8 Å². The van der Waals surface area contributed by atoms with E-state index in [0.29, 0.717) is 6.61 Å². The fraction of sp³-hybridized carbons (Fsp3) is 0.647. The monoisotopic (exact) mass is 295 g/mol. The number of benzene rings is 1. The molecule has 0 amide bonds. The zero-order valence-electron chi connectivity index (χ0n) is 13.8. The summed E-state index contributed by atoms with van der Waals surface area (Å²) in [5.41, 5.74) is 2.32. The van der Waals surface area contributed by atoms with E-state index in [0.717, 1.165) is 17.9 Å². The second-order valence-electron chi connectivity index (χ2n) is 5.67. The molecular weight excluding hydrogens is 266 g/mol. The summed E-state index contributed by atoms with van der Waals surface area (Å²) in [7, 11) is 0. The molecule has 0 fully saturated rings. The number of hydrogen-bond donors (Lipinski definition) is 2. The van der Waals surface area contributed by atoms with Gasteiger partial charge in [0.1, 0.15) is 18.5 Å². The van der Waals surface area contributed by atoms with Crippen LogP contribution in [0, 0.1) is 6.92 Å². The lowest BCUT2D eigenvalue weighted by Gasteiger charge is -2.20. The van der Waals surface area contributed by atoms with Crippen molar-refractivity contribution in [3.8, 4) is 5.75 Å². The van der Waals surface area contributed by atoms with Gasteiger partial charge in [-0.15, -0.1) is 0 Å². The van der Waals surface area contributed by atoms with E-state index in [-0.39, 0.29) is 18.8 Å². The second-order valence-corrected chi connectivity index (χ2v) is 5.67. The molecule has 0 spiro atoms. The molecule has 4 nitrogen and oxygen atoms in total. The minimum atomic E-state index is -0.615. The molecule has 0 saturated heterocycles. The quantitative estimate of drug-likeness (QED) is 0.735. The highest BCUT2D eigenvalue weighted by molar-refractivity contribution is 5.39. The van der Waals surface area contributed by atoms with Crippen molar-refractivity contribution in [1.82, 2.24) is 5.32 Å². The van der Waals surface area contributed by atoms with Gasteiger partial charge in [-0.05, 0) is 40.3 Å². The molecule has 120 valence electrons. The molecule has 1 aromatic rings. The molecule has 21 heavy (non-hydrogen) atoms. The normalized spacial score (nSPS) is 14.2. The fourth-order valence-electron chi connectivity index (χ4n) is 2.09. The molecule has 0 radical (unpaired) electrons. The van der Waals surface area contributed by atoms with Gasteiger partial charge in [-0.3, -0.25) is 0 Å². The van der Waals surface area contributed by atoms with E-state index in [1.807, 2.05) is 26.0 Å². The summed E-state index contributed by atoms with van der Waals surface area (Å²) in [5, 5.41) is 13.3. The molecule has 0 heterocycles. The van der Waals surface area contributed by atoms with Crippen molar-refractivity contribution in [1.29, 1.82) is 0 Å². The first-order valence-electron chi connectivity index (χ1n) is 7.70. The van der Waals surface area contributed by atoms with Crippen LogP contribution < -0.4 is 10.1 Å². The molecule has 0 aromatic heterocycles. The van der Waals surface area contributed by atoms with Crippen molar-refractivity contribution in [2.45, 2.75) is 52.9 Å². The van der Waals surface area contributed by atoms with Crippen LogP contribution in [0.25, 0.3) is 0 Å². The van der Waals surface area contributed by atoms with E-state index >= 15 is 0 Å². The average Bonchev–Trinajstić information content (AvgIpc) is 2.43. The Hall–Kier alpha value is -1.10. The van der Waals surface area contributed by atoms with Crippen LogP contribution in [0.4, 0.5) is 0 Å². The van der Waals surface area contributed by atoms with Crippen LogP contribution in [0.15, 0.2) is 18.2 Å². The van der Waals surface area contributed by atoms with Gasteiger partial charge in [-0.25, -0.2) is 0 Å². The third kappa shape index (κ3) is 6.46. The Morgan fingerprint density at radius 3 is 2.52 bits per heavy atom. The van der Waals surface area contributed by atoms with E-state index in [4.69, 9.17) is 9.47 Å². The summed E-state index contributed by atoms with van der Waals surface area (Å²) >= 11 is 0. The van der Waals surface area contributed by atoms with E-state index in [2.05, 4.69) is 32.2 Å². The number of aliphatic hydroxyl groups is 1. The zero-order chi connectivity index (χ0) is 15.8. The number of aryl methyl sites for hydroxylation is 1. The Kier molecular flexibility index (Phi) is 7.72. The highest BCUT2D eigenvalue weighted by atomic mass is 16.5. The second kappa shape index (κ2) is 9.03. The van der Waals surface area contributed by atoms with Crippen LogP contribution in [0.2, 0.25) is 0 Å². The van der Waals surface area contributed by atoms with Crippen molar-refractivity contribution >= 4 is 0 Å². The zero-order valence-corrected chi connectivity index (χ0v) is 13.8. The van der Waals surface area contributed by atoms with Gasteiger partial charge in [0.25, 0.3) is 0 Å². The van der Waals surface area contributed by atoms with Gasteiger partial charge in [0.05, 0.1) is 12.7 Å². The van der Waals surface area contributed by atoms with Gasteiger partial charge >= 0.3 is 0 Å². The minimum absolute atomic E-state index is 0.114. The first-order chi connectivity index (χ1) is 9.93. The molecule has 0 bridgehead atoms. The van der Waals surface area contributed by atoms with Crippen molar-refractivity contribution in [3.05, 3.63) is 29.3 Å². The molecule has 0 aliphatic heterocycles.